The number of aryl methyl sites for hydroxylation is 1. The number of nitrogens with zero attached hydrogens (tertiary/aromatic N) is 1. The van der Waals surface area contributed by atoms with E-state index in [9.17, 15) is 14.7 Å². The Morgan fingerprint density at radius 2 is 1.42 bits per heavy atom. The van der Waals surface area contributed by atoms with Gasteiger partial charge in [0.2, 0.25) is 5.91 Å². The number of carbonyl (C=O) groups excluding carboxylic acids is 1. The van der Waals surface area contributed by atoms with Crippen LogP contribution in [0.3, 0.4) is 0 Å². The third-order valence-corrected chi connectivity index (χ3v) is 5.71. The molecule has 33 heavy (non-hydrogen) atoms. The molecule has 1 atom stereocenters. The second-order valence-electron chi connectivity index (χ2n) is 7.98. The lowest BCUT2D eigenvalue weighted by Crippen LogP contribution is -2.43. The van der Waals surface area contributed by atoms with Crippen LogP contribution in [-0.2, 0) is 16.0 Å². The van der Waals surface area contributed by atoms with Gasteiger partial charge in [-0.3, -0.25) is 4.79 Å². The van der Waals surface area contributed by atoms with Gasteiger partial charge in [0.1, 0.15) is 6.04 Å². The average molecular weight is 436 g/mol. The molecule has 0 saturated carbocycles. The minimum atomic E-state index is -1.05. The Balaban J connectivity index is 1.54. The van der Waals surface area contributed by atoms with Gasteiger partial charge in [-0.2, -0.15) is 0 Å². The standard InChI is InChI=1S/C29H25NO3/c31-28(27(24-16-6-2-7-17-24)25-18-8-3-9-19-25)30-21-23(20-26(30)29(32)33)15-11-10-14-22-12-4-1-5-13-22/h1-9,12-13,16-20,26-27H,10,14,21H2,(H,32,33)/t26-/m0/s1. The first-order chi connectivity index (χ1) is 16.1. The topological polar surface area (TPSA) is 57.6 Å². The van der Waals surface area contributed by atoms with Gasteiger partial charge in [0, 0.05) is 12.0 Å². The van der Waals surface area contributed by atoms with Crippen LogP contribution in [0.4, 0.5) is 0 Å². The Kier molecular flexibility index (Phi) is 7.02. The highest BCUT2D eigenvalue weighted by Crippen LogP contribution is 2.30. The number of carboxylic acids is 1. The molecule has 0 spiro atoms. The number of hydrogen-bond donors (Lipinski definition) is 1. The second-order valence-corrected chi connectivity index (χ2v) is 7.98. The fourth-order valence-electron chi connectivity index (χ4n) is 4.08. The molecular formula is C29H25NO3. The Labute approximate surface area is 194 Å². The predicted octanol–water partition coefficient (Wildman–Crippen LogP) is 4.68. The number of amides is 1. The molecule has 0 saturated heterocycles. The minimum Gasteiger partial charge on any atom is -0.479 e. The maximum Gasteiger partial charge on any atom is 0.330 e. The molecule has 1 aliphatic rings. The Hall–Kier alpha value is -4.10. The number of carboxylic acid groups (broad SMARTS) is 1. The van der Waals surface area contributed by atoms with Crippen molar-refractivity contribution in [1.82, 2.24) is 4.90 Å². The van der Waals surface area contributed by atoms with E-state index in [4.69, 9.17) is 0 Å². The molecule has 1 heterocycles. The molecule has 4 heteroatoms. The smallest absolute Gasteiger partial charge is 0.330 e. The molecule has 1 N–H and O–H groups in total. The molecule has 1 aliphatic heterocycles. The second kappa shape index (κ2) is 10.5. The summed E-state index contributed by atoms with van der Waals surface area (Å²) in [4.78, 5) is 27.1. The van der Waals surface area contributed by atoms with Crippen LogP contribution >= 0.6 is 0 Å². The van der Waals surface area contributed by atoms with E-state index in [1.54, 1.807) is 6.08 Å². The molecule has 1 amide bonds. The van der Waals surface area contributed by atoms with Gasteiger partial charge < -0.3 is 10.0 Å². The zero-order valence-electron chi connectivity index (χ0n) is 18.2. The maximum absolute atomic E-state index is 13.7. The first kappa shape index (κ1) is 22.1. The van der Waals surface area contributed by atoms with Crippen LogP contribution in [-0.4, -0.2) is 34.5 Å². The van der Waals surface area contributed by atoms with Crippen LogP contribution < -0.4 is 0 Å². The Bertz CT molecular complexity index is 1150. The summed E-state index contributed by atoms with van der Waals surface area (Å²) in [5, 5.41) is 9.81. The largest absolute Gasteiger partial charge is 0.479 e. The fraction of sp³-hybridized carbons (Fsp3) is 0.172. The lowest BCUT2D eigenvalue weighted by atomic mass is 9.90. The summed E-state index contributed by atoms with van der Waals surface area (Å²) in [5.41, 5.74) is 3.55. The Morgan fingerprint density at radius 3 is 1.97 bits per heavy atom. The van der Waals surface area contributed by atoms with Crippen molar-refractivity contribution in [3.05, 3.63) is 119 Å². The van der Waals surface area contributed by atoms with Crippen LogP contribution in [0.15, 0.2) is 103 Å². The van der Waals surface area contributed by atoms with Crippen molar-refractivity contribution in [3.8, 4) is 11.8 Å². The summed E-state index contributed by atoms with van der Waals surface area (Å²) in [6.07, 6.45) is 3.10. The Morgan fingerprint density at radius 1 is 0.879 bits per heavy atom. The molecule has 4 rings (SSSR count). The van der Waals surface area contributed by atoms with Crippen molar-refractivity contribution in [2.75, 3.05) is 6.54 Å². The number of hydrogen-bond acceptors (Lipinski definition) is 2. The van der Waals surface area contributed by atoms with E-state index in [0.717, 1.165) is 17.5 Å². The molecule has 0 unspecified atom stereocenters. The number of carbonyl (C=O) groups is 2. The minimum absolute atomic E-state index is 0.199. The van der Waals surface area contributed by atoms with Gasteiger partial charge in [-0.15, -0.1) is 0 Å². The molecular weight excluding hydrogens is 410 g/mol. The highest BCUT2D eigenvalue weighted by atomic mass is 16.4. The van der Waals surface area contributed by atoms with Crippen molar-refractivity contribution in [1.29, 1.82) is 0 Å². The summed E-state index contributed by atoms with van der Waals surface area (Å²) in [6, 6.07) is 28.0. The lowest BCUT2D eigenvalue weighted by molar-refractivity contribution is -0.147. The van der Waals surface area contributed by atoms with Crippen LogP contribution in [0.25, 0.3) is 0 Å². The third kappa shape index (κ3) is 5.39. The number of aliphatic carboxylic acids is 1. The molecule has 0 radical (unpaired) electrons. The van der Waals surface area contributed by atoms with Crippen LogP contribution in [0.2, 0.25) is 0 Å². The van der Waals surface area contributed by atoms with Gasteiger partial charge >= 0.3 is 5.97 Å². The van der Waals surface area contributed by atoms with E-state index in [-0.39, 0.29) is 12.5 Å². The van der Waals surface area contributed by atoms with E-state index in [0.29, 0.717) is 12.0 Å². The normalized spacial score (nSPS) is 15.0. The maximum atomic E-state index is 13.7. The monoisotopic (exact) mass is 435 g/mol. The molecule has 4 nitrogen and oxygen atoms in total. The van der Waals surface area contributed by atoms with Gasteiger partial charge in [-0.25, -0.2) is 4.79 Å². The van der Waals surface area contributed by atoms with E-state index in [2.05, 4.69) is 24.0 Å². The van der Waals surface area contributed by atoms with E-state index in [1.165, 1.54) is 10.5 Å². The van der Waals surface area contributed by atoms with Gasteiger partial charge in [-0.05, 0) is 29.2 Å². The SMILES string of the molecule is O=C(O)[C@@H]1C=C(C#CCCc2ccccc2)CN1C(=O)C(c1ccccc1)c1ccccc1. The van der Waals surface area contributed by atoms with Crippen molar-refractivity contribution >= 4 is 11.9 Å². The summed E-state index contributed by atoms with van der Waals surface area (Å²) in [7, 11) is 0. The van der Waals surface area contributed by atoms with E-state index in [1.807, 2.05) is 78.9 Å². The number of rotatable bonds is 6. The van der Waals surface area contributed by atoms with Crippen molar-refractivity contribution in [2.45, 2.75) is 24.8 Å². The molecule has 0 aromatic heterocycles. The first-order valence-corrected chi connectivity index (χ1v) is 11.0. The molecule has 0 bridgehead atoms. The zero-order valence-corrected chi connectivity index (χ0v) is 18.2. The number of benzene rings is 3. The highest BCUT2D eigenvalue weighted by Gasteiger charge is 2.37. The summed E-state index contributed by atoms with van der Waals surface area (Å²) >= 11 is 0. The summed E-state index contributed by atoms with van der Waals surface area (Å²) in [6.45, 7) is 0.199. The quantitative estimate of drug-likeness (QED) is 0.572. The summed E-state index contributed by atoms with van der Waals surface area (Å²) in [5.74, 6) is 4.37. The molecule has 3 aromatic carbocycles. The van der Waals surface area contributed by atoms with Gasteiger partial charge in [-0.1, -0.05) is 103 Å². The van der Waals surface area contributed by atoms with E-state index < -0.39 is 17.9 Å². The third-order valence-electron chi connectivity index (χ3n) is 5.71. The first-order valence-electron chi connectivity index (χ1n) is 11.0. The van der Waals surface area contributed by atoms with Crippen LogP contribution in [0, 0.1) is 11.8 Å². The fourth-order valence-corrected chi connectivity index (χ4v) is 4.08. The van der Waals surface area contributed by atoms with Crippen molar-refractivity contribution in [2.24, 2.45) is 0 Å². The lowest BCUT2D eigenvalue weighted by Gasteiger charge is -2.27. The highest BCUT2D eigenvalue weighted by molar-refractivity contribution is 5.92. The predicted molar refractivity (Wildman–Crippen MR) is 128 cm³/mol. The van der Waals surface area contributed by atoms with Crippen molar-refractivity contribution in [3.63, 3.8) is 0 Å². The molecule has 0 fully saturated rings. The van der Waals surface area contributed by atoms with E-state index >= 15 is 0 Å². The van der Waals surface area contributed by atoms with Gasteiger partial charge in [0.15, 0.2) is 0 Å². The van der Waals surface area contributed by atoms with Gasteiger partial charge in [0.05, 0.1) is 12.5 Å². The molecule has 0 aliphatic carbocycles. The zero-order chi connectivity index (χ0) is 23.0. The van der Waals surface area contributed by atoms with Crippen molar-refractivity contribution < 1.29 is 14.7 Å². The van der Waals surface area contributed by atoms with Crippen LogP contribution in [0.1, 0.15) is 29.0 Å². The van der Waals surface area contributed by atoms with Gasteiger partial charge in [0.25, 0.3) is 0 Å². The average Bonchev–Trinajstić information content (AvgIpc) is 3.29. The molecule has 3 aromatic rings. The molecule has 164 valence electrons. The summed E-state index contributed by atoms with van der Waals surface area (Å²) < 4.78 is 0. The van der Waals surface area contributed by atoms with Crippen LogP contribution in [0.5, 0.6) is 0 Å².